The van der Waals surface area contributed by atoms with E-state index in [1.165, 1.54) is 250 Å². The van der Waals surface area contributed by atoms with Gasteiger partial charge in [0.25, 0.3) is 0 Å². The molecule has 0 fully saturated rings. The maximum Gasteiger partial charge on any atom is 0.472 e. The Kier molecular flexibility index (Phi) is 61.5. The summed E-state index contributed by atoms with van der Waals surface area (Å²) < 4.78 is 30.8. The second kappa shape index (κ2) is 63.0. The van der Waals surface area contributed by atoms with Gasteiger partial charge in [0.05, 0.1) is 33.8 Å². The number of nitrogens with zero attached hydrogens (tertiary/aromatic N) is 1. The molecule has 0 heterocycles. The zero-order valence-electron chi connectivity index (χ0n) is 56.0. The van der Waals surface area contributed by atoms with E-state index in [9.17, 15) is 19.0 Å². The lowest BCUT2D eigenvalue weighted by Gasteiger charge is -2.27. The average molecular weight is 1190 g/mol. The number of phosphoric acid groups is 1. The second-order valence-corrected chi connectivity index (χ2v) is 27.2. The number of quaternary nitrogens is 1. The van der Waals surface area contributed by atoms with E-state index in [0.29, 0.717) is 23.9 Å². The van der Waals surface area contributed by atoms with Crippen LogP contribution in [-0.4, -0.2) is 74.3 Å². The van der Waals surface area contributed by atoms with Gasteiger partial charge < -0.3 is 19.4 Å². The summed E-state index contributed by atoms with van der Waals surface area (Å²) in [4.78, 5) is 37.9. The van der Waals surface area contributed by atoms with E-state index >= 15 is 0 Å². The molecule has 9 nitrogen and oxygen atoms in total. The van der Waals surface area contributed by atoms with Gasteiger partial charge in [-0.2, -0.15) is 0 Å². The lowest BCUT2D eigenvalue weighted by Crippen LogP contribution is -2.47. The van der Waals surface area contributed by atoms with Gasteiger partial charge in [-0.15, -0.1) is 0 Å². The van der Waals surface area contributed by atoms with Gasteiger partial charge in [-0.3, -0.25) is 18.6 Å². The highest BCUT2D eigenvalue weighted by molar-refractivity contribution is 7.47. The Labute approximate surface area is 516 Å². The number of hydrogen-bond acceptors (Lipinski definition) is 6. The van der Waals surface area contributed by atoms with E-state index in [1.807, 2.05) is 33.3 Å². The van der Waals surface area contributed by atoms with Crippen LogP contribution in [0.5, 0.6) is 0 Å². The van der Waals surface area contributed by atoms with E-state index in [-0.39, 0.29) is 25.1 Å². The highest BCUT2D eigenvalue weighted by atomic mass is 31.2. The van der Waals surface area contributed by atoms with Crippen LogP contribution in [0, 0.1) is 0 Å². The Balaban J connectivity index is 4.96. The van der Waals surface area contributed by atoms with E-state index < -0.39 is 20.0 Å². The smallest absolute Gasteiger partial charge is 0.456 e. The first-order valence-electron chi connectivity index (χ1n) is 36.0. The maximum absolute atomic E-state index is 13.6. The first kappa shape index (κ1) is 81.0. The number of hydrogen-bond donors (Lipinski definition) is 2. The van der Waals surface area contributed by atoms with Crippen molar-refractivity contribution in [2.24, 2.45) is 0 Å². The maximum atomic E-state index is 13.6. The van der Waals surface area contributed by atoms with Gasteiger partial charge in [0.15, 0.2) is 0 Å². The Morgan fingerprint density at radius 2 is 0.735 bits per heavy atom. The SMILES string of the molecule is CCCCC/C=C\C/C=C\C/C=C\CCCCCCCCCCCCCCCCC(=O)NC(COP(=O)(O)OCC[N+](C)(C)C)C(/C=C\CCCCCCCCCCC)OC(=O)CCCCCCCCCCCCCCCCCCCCC. The molecule has 0 saturated carbocycles. The molecule has 488 valence electrons. The molecule has 2 N–H and O–H groups in total. The van der Waals surface area contributed by atoms with Gasteiger partial charge in [-0.25, -0.2) is 4.57 Å². The van der Waals surface area contributed by atoms with E-state index in [1.54, 1.807) is 0 Å². The van der Waals surface area contributed by atoms with Crippen molar-refractivity contribution in [1.29, 1.82) is 0 Å². The second-order valence-electron chi connectivity index (χ2n) is 25.8. The minimum atomic E-state index is -4.45. The molecule has 3 atom stereocenters. The highest BCUT2D eigenvalue weighted by Gasteiger charge is 2.30. The number of ether oxygens (including phenoxy) is 1. The Morgan fingerprint density at radius 3 is 1.12 bits per heavy atom. The number of amides is 1. The van der Waals surface area contributed by atoms with Gasteiger partial charge in [-0.05, 0) is 70.3 Å². The number of likely N-dealkylation sites (N-methyl/N-ethyl adjacent to an activating group) is 1. The highest BCUT2D eigenvalue weighted by Crippen LogP contribution is 2.43. The average Bonchev–Trinajstić information content (AvgIpc) is 3.51. The summed E-state index contributed by atoms with van der Waals surface area (Å²) in [5.41, 5.74) is 0. The van der Waals surface area contributed by atoms with Crippen molar-refractivity contribution in [1.82, 2.24) is 5.32 Å². The molecule has 0 aromatic rings. The number of esters is 1. The Morgan fingerprint density at radius 1 is 0.422 bits per heavy atom. The van der Waals surface area contributed by atoms with Crippen LogP contribution in [0.2, 0.25) is 0 Å². The fourth-order valence-corrected chi connectivity index (χ4v) is 11.5. The topological polar surface area (TPSA) is 111 Å². The number of allylic oxidation sites excluding steroid dienone is 7. The standard InChI is InChI=1S/C73H139N2O7P/c1-7-10-13-16-19-22-25-27-29-31-33-34-35-36-37-38-39-40-42-43-45-47-50-53-56-59-62-65-72(76)74-70(69-81-83(78,79)80-68-67-75(4,5)6)71(64-61-58-55-52-49-24-21-18-15-12-9-3)82-73(77)66-63-60-57-54-51-48-46-44-41-32-30-28-26-23-20-17-14-11-8-2/h19,22,27,29,33-34,61,64,70-71H,7-18,20-21,23-26,28,30-32,35-60,62-63,65-69H2,1-6H3,(H-,74,76,78,79)/p+1/b22-19-,29-27-,34-33-,64-61-. The minimum absolute atomic E-state index is 0.0423. The number of phosphoric ester groups is 1. The predicted molar refractivity (Wildman–Crippen MR) is 360 cm³/mol. The van der Waals surface area contributed by atoms with Crippen LogP contribution in [0.1, 0.15) is 355 Å². The molecule has 0 aromatic carbocycles. The summed E-state index contributed by atoms with van der Waals surface area (Å²) in [6.07, 6.45) is 79.8. The molecule has 0 radical (unpaired) electrons. The molecule has 0 spiro atoms. The zero-order chi connectivity index (χ0) is 60.7. The minimum Gasteiger partial charge on any atom is -0.456 e. The summed E-state index contributed by atoms with van der Waals surface area (Å²) in [5, 5.41) is 3.07. The van der Waals surface area contributed by atoms with Gasteiger partial charge in [-0.1, -0.05) is 320 Å². The third-order valence-electron chi connectivity index (χ3n) is 16.3. The van der Waals surface area contributed by atoms with Crippen LogP contribution in [0.4, 0.5) is 0 Å². The number of rotatable bonds is 66. The monoisotopic (exact) mass is 1190 g/mol. The van der Waals surface area contributed by atoms with E-state index in [4.69, 9.17) is 13.8 Å². The van der Waals surface area contributed by atoms with Crippen LogP contribution in [0.3, 0.4) is 0 Å². The van der Waals surface area contributed by atoms with E-state index in [0.717, 1.165) is 70.6 Å². The van der Waals surface area contributed by atoms with Crippen molar-refractivity contribution in [3.8, 4) is 0 Å². The van der Waals surface area contributed by atoms with Crippen molar-refractivity contribution in [2.75, 3.05) is 40.9 Å². The predicted octanol–water partition coefficient (Wildman–Crippen LogP) is 22.8. The first-order valence-corrected chi connectivity index (χ1v) is 37.5. The molecule has 0 aromatic heterocycles. The molecule has 0 bridgehead atoms. The van der Waals surface area contributed by atoms with Gasteiger partial charge in [0.2, 0.25) is 5.91 Å². The summed E-state index contributed by atoms with van der Waals surface area (Å²) in [5.74, 6) is -0.488. The molecule has 0 rings (SSSR count). The lowest BCUT2D eigenvalue weighted by molar-refractivity contribution is -0.870. The summed E-state index contributed by atoms with van der Waals surface area (Å²) in [6, 6.07) is -0.846. The van der Waals surface area contributed by atoms with Crippen LogP contribution < -0.4 is 5.32 Å². The van der Waals surface area contributed by atoms with Gasteiger partial charge >= 0.3 is 13.8 Å². The Bertz CT molecular complexity index is 1560. The van der Waals surface area contributed by atoms with Gasteiger partial charge in [0, 0.05) is 12.8 Å². The lowest BCUT2D eigenvalue weighted by atomic mass is 10.0. The first-order chi connectivity index (χ1) is 40.4. The third kappa shape index (κ3) is 64.3. The molecular formula is C73H140N2O7P+. The molecule has 1 amide bonds. The van der Waals surface area contributed by atoms with Crippen molar-refractivity contribution in [3.63, 3.8) is 0 Å². The van der Waals surface area contributed by atoms with Crippen molar-refractivity contribution < 1.29 is 37.3 Å². The molecule has 0 aliphatic rings. The number of carbonyl (C=O) groups is 2. The number of carbonyl (C=O) groups excluding carboxylic acids is 2. The number of unbranched alkanes of at least 4 members (excludes halogenated alkanes) is 44. The van der Waals surface area contributed by atoms with Crippen LogP contribution >= 0.6 is 7.82 Å². The molecule has 83 heavy (non-hydrogen) atoms. The van der Waals surface area contributed by atoms with Crippen LogP contribution in [0.15, 0.2) is 48.6 Å². The molecule has 10 heteroatoms. The summed E-state index contributed by atoms with van der Waals surface area (Å²) in [7, 11) is 1.51. The largest absolute Gasteiger partial charge is 0.472 e. The third-order valence-corrected chi connectivity index (χ3v) is 17.3. The molecule has 0 aliphatic carbocycles. The normalized spacial score (nSPS) is 13.8. The van der Waals surface area contributed by atoms with Crippen LogP contribution in [0.25, 0.3) is 0 Å². The summed E-state index contributed by atoms with van der Waals surface area (Å²) >= 11 is 0. The fourth-order valence-electron chi connectivity index (χ4n) is 10.7. The molecule has 0 saturated heterocycles. The quantitative estimate of drug-likeness (QED) is 0.0205. The van der Waals surface area contributed by atoms with Crippen molar-refractivity contribution in [2.45, 2.75) is 367 Å². The molecule has 0 aliphatic heterocycles. The van der Waals surface area contributed by atoms with E-state index in [2.05, 4.69) is 62.5 Å². The van der Waals surface area contributed by atoms with Gasteiger partial charge in [0.1, 0.15) is 19.3 Å². The number of nitrogens with one attached hydrogen (secondary N) is 1. The van der Waals surface area contributed by atoms with Crippen molar-refractivity contribution in [3.05, 3.63) is 48.6 Å². The summed E-state index contributed by atoms with van der Waals surface area (Å²) in [6.45, 7) is 7.03. The van der Waals surface area contributed by atoms with Crippen molar-refractivity contribution >= 4 is 19.7 Å². The molecular weight excluding hydrogens is 1050 g/mol. The van der Waals surface area contributed by atoms with Crippen LogP contribution in [-0.2, 0) is 27.9 Å². The molecule has 3 unspecified atom stereocenters. The Hall–Kier alpha value is -2.03. The fraction of sp³-hybridized carbons (Fsp3) is 0.863. The zero-order valence-corrected chi connectivity index (χ0v) is 56.8.